The molecule has 11 nitrogen and oxygen atoms in total. The molecular weight excluding hydrogens is 605 g/mol. The Bertz CT molecular complexity index is 1570. The highest BCUT2D eigenvalue weighted by Gasteiger charge is 2.38. The minimum atomic E-state index is -5.08. The van der Waals surface area contributed by atoms with Gasteiger partial charge in [0.15, 0.2) is 0 Å². The van der Waals surface area contributed by atoms with Crippen LogP contribution in [0.15, 0.2) is 42.6 Å². The molecule has 0 fully saturated rings. The molecule has 1 aliphatic rings. The number of aromatic nitrogens is 1. The van der Waals surface area contributed by atoms with Gasteiger partial charge in [-0.3, -0.25) is 9.10 Å². The van der Waals surface area contributed by atoms with E-state index in [1.54, 1.807) is 18.2 Å². The van der Waals surface area contributed by atoms with Gasteiger partial charge >= 0.3 is 12.1 Å². The van der Waals surface area contributed by atoms with Crippen molar-refractivity contribution in [1.29, 1.82) is 0 Å². The van der Waals surface area contributed by atoms with Crippen LogP contribution in [0.4, 0.5) is 18.9 Å². The number of fused-ring (bicyclic) bond motifs is 2. The van der Waals surface area contributed by atoms with Crippen LogP contribution in [0.25, 0.3) is 10.9 Å². The van der Waals surface area contributed by atoms with E-state index in [0.717, 1.165) is 16.5 Å². The zero-order valence-corrected chi connectivity index (χ0v) is 25.6. The standard InChI is InChI=1S/C27H36N4O5S.C2HF3O2/c1-5-30(6-2)27(33)22-9-7-8-21-20(16-29-26(21)22)14-18(3)28-17-24(32)19-10-11-25-23(15-19)31(12-13-36-25)37(4,34)35;3-2(4,5)1(6)7/h7-11,15-16,18,24,28-29,32H,5-6,12-14,17H2,1-4H3;(H,6,7)/t18-,24+;/m1./s1. The van der Waals surface area contributed by atoms with E-state index in [4.69, 9.17) is 14.6 Å². The minimum Gasteiger partial charge on any atom is -0.489 e. The molecule has 3 aromatic rings. The predicted molar refractivity (Wildman–Crippen MR) is 159 cm³/mol. The number of halogens is 3. The van der Waals surface area contributed by atoms with Crippen molar-refractivity contribution in [2.45, 2.75) is 45.5 Å². The number of amides is 1. The maximum Gasteiger partial charge on any atom is 0.490 e. The molecule has 15 heteroatoms. The Balaban J connectivity index is 0.000000676. The fourth-order valence-corrected chi connectivity index (χ4v) is 5.74. The summed E-state index contributed by atoms with van der Waals surface area (Å²) in [6.07, 6.45) is -2.09. The number of aliphatic hydroxyl groups is 1. The zero-order chi connectivity index (χ0) is 32.8. The Labute approximate surface area is 253 Å². The number of alkyl halides is 3. The summed E-state index contributed by atoms with van der Waals surface area (Å²) in [6, 6.07) is 11.0. The minimum absolute atomic E-state index is 0.0168. The normalized spacial score (nSPS) is 14.6. The van der Waals surface area contributed by atoms with Crippen LogP contribution in [0, 0.1) is 0 Å². The molecule has 0 aliphatic carbocycles. The second-order valence-electron chi connectivity index (χ2n) is 10.3. The van der Waals surface area contributed by atoms with Gasteiger partial charge in [0.05, 0.1) is 35.7 Å². The third kappa shape index (κ3) is 8.42. The number of aliphatic carboxylic acids is 1. The van der Waals surface area contributed by atoms with Crippen molar-refractivity contribution >= 4 is 38.5 Å². The van der Waals surface area contributed by atoms with Crippen LogP contribution < -0.4 is 14.4 Å². The van der Waals surface area contributed by atoms with Crippen LogP contribution in [0.1, 0.15) is 48.4 Å². The van der Waals surface area contributed by atoms with Gasteiger partial charge in [0.1, 0.15) is 12.4 Å². The van der Waals surface area contributed by atoms with Crippen molar-refractivity contribution in [2.75, 3.05) is 43.3 Å². The highest BCUT2D eigenvalue weighted by atomic mass is 32.2. The number of nitrogens with zero attached hydrogens (tertiary/aromatic N) is 2. The fraction of sp³-hybridized carbons (Fsp3) is 0.448. The van der Waals surface area contributed by atoms with Gasteiger partial charge in [-0.05, 0) is 56.5 Å². The fourth-order valence-electron chi connectivity index (χ4n) is 4.84. The summed E-state index contributed by atoms with van der Waals surface area (Å²) in [7, 11) is -3.44. The number of carboxylic acid groups (broad SMARTS) is 1. The van der Waals surface area contributed by atoms with E-state index in [1.165, 1.54) is 10.6 Å². The van der Waals surface area contributed by atoms with Crippen LogP contribution in [-0.2, 0) is 21.2 Å². The smallest absolute Gasteiger partial charge is 0.489 e. The molecule has 2 aromatic carbocycles. The number of ether oxygens (including phenoxy) is 1. The molecule has 0 unspecified atom stereocenters. The Morgan fingerprint density at radius 3 is 2.43 bits per heavy atom. The summed E-state index contributed by atoms with van der Waals surface area (Å²) in [5.74, 6) is -2.25. The Hall–Kier alpha value is -3.82. The molecule has 2 heterocycles. The number of nitrogens with one attached hydrogen (secondary N) is 2. The van der Waals surface area contributed by atoms with Gasteiger partial charge in [-0.2, -0.15) is 13.2 Å². The number of hydrogen-bond acceptors (Lipinski definition) is 7. The number of carbonyl (C=O) groups is 2. The van der Waals surface area contributed by atoms with Crippen molar-refractivity contribution in [3.8, 4) is 5.75 Å². The lowest BCUT2D eigenvalue weighted by atomic mass is 10.0. The van der Waals surface area contributed by atoms with Gasteiger partial charge in [0, 0.05) is 37.3 Å². The molecule has 2 atom stereocenters. The number of anilines is 1. The highest BCUT2D eigenvalue weighted by molar-refractivity contribution is 7.92. The summed E-state index contributed by atoms with van der Waals surface area (Å²) in [5, 5.41) is 22.4. The van der Waals surface area contributed by atoms with E-state index in [-0.39, 0.29) is 18.5 Å². The van der Waals surface area contributed by atoms with Crippen LogP contribution in [0.3, 0.4) is 0 Å². The summed E-state index contributed by atoms with van der Waals surface area (Å²) in [6.45, 7) is 8.15. The van der Waals surface area contributed by atoms with E-state index in [2.05, 4.69) is 10.3 Å². The van der Waals surface area contributed by atoms with Crippen LogP contribution in [0.2, 0.25) is 0 Å². The molecule has 1 aromatic heterocycles. The number of benzene rings is 2. The van der Waals surface area contributed by atoms with Crippen LogP contribution >= 0.6 is 0 Å². The maximum atomic E-state index is 13.0. The molecule has 4 rings (SSSR count). The second-order valence-corrected chi connectivity index (χ2v) is 12.2. The third-order valence-electron chi connectivity index (χ3n) is 7.10. The maximum absolute atomic E-state index is 13.0. The van der Waals surface area contributed by atoms with Gasteiger partial charge in [-0.25, -0.2) is 13.2 Å². The van der Waals surface area contributed by atoms with Gasteiger partial charge in [-0.15, -0.1) is 0 Å². The van der Waals surface area contributed by atoms with E-state index < -0.39 is 28.3 Å². The number of para-hydroxylation sites is 1. The van der Waals surface area contributed by atoms with Gasteiger partial charge in [0.2, 0.25) is 10.0 Å². The molecular formula is C29H37F3N4O7S. The molecule has 0 spiro atoms. The highest BCUT2D eigenvalue weighted by Crippen LogP contribution is 2.35. The van der Waals surface area contributed by atoms with Crippen molar-refractivity contribution < 1.29 is 46.1 Å². The molecule has 0 saturated heterocycles. The second kappa shape index (κ2) is 14.3. The quantitative estimate of drug-likeness (QED) is 0.261. The number of carboxylic acids is 1. The Morgan fingerprint density at radius 1 is 1.18 bits per heavy atom. The summed E-state index contributed by atoms with van der Waals surface area (Å²) < 4.78 is 63.0. The summed E-state index contributed by atoms with van der Waals surface area (Å²) >= 11 is 0. The first-order valence-corrected chi connectivity index (χ1v) is 15.8. The molecule has 44 heavy (non-hydrogen) atoms. The van der Waals surface area contributed by atoms with Gasteiger partial charge in [0.25, 0.3) is 5.91 Å². The SMILES string of the molecule is CCN(CC)C(=O)c1cccc2c(C[C@@H](C)NC[C@H](O)c3ccc4c(c3)N(S(C)(=O)=O)CCO4)c[nH]c12.O=C(O)C(F)(F)F. The van der Waals surface area contributed by atoms with Crippen LogP contribution in [-0.4, -0.2) is 91.7 Å². The zero-order valence-electron chi connectivity index (χ0n) is 24.8. The first kappa shape index (κ1) is 34.7. The van der Waals surface area contributed by atoms with Crippen molar-refractivity contribution in [3.05, 3.63) is 59.3 Å². The van der Waals surface area contributed by atoms with Gasteiger partial charge < -0.3 is 30.2 Å². The Morgan fingerprint density at radius 2 is 1.84 bits per heavy atom. The monoisotopic (exact) mass is 642 g/mol. The number of rotatable bonds is 10. The number of hydrogen-bond donors (Lipinski definition) is 4. The molecule has 0 bridgehead atoms. The summed E-state index contributed by atoms with van der Waals surface area (Å²) in [4.78, 5) is 26.9. The number of aromatic amines is 1. The number of sulfonamides is 1. The van der Waals surface area contributed by atoms with Crippen molar-refractivity contribution in [2.24, 2.45) is 0 Å². The molecule has 4 N–H and O–H groups in total. The van der Waals surface area contributed by atoms with E-state index in [1.807, 2.05) is 50.1 Å². The van der Waals surface area contributed by atoms with Crippen molar-refractivity contribution in [3.63, 3.8) is 0 Å². The molecule has 1 amide bonds. The lowest BCUT2D eigenvalue weighted by Crippen LogP contribution is -2.37. The molecule has 1 aliphatic heterocycles. The van der Waals surface area contributed by atoms with E-state index >= 15 is 0 Å². The lowest BCUT2D eigenvalue weighted by molar-refractivity contribution is -0.192. The first-order chi connectivity index (χ1) is 20.6. The summed E-state index contributed by atoms with van der Waals surface area (Å²) in [5.41, 5.74) is 3.67. The largest absolute Gasteiger partial charge is 0.490 e. The first-order valence-electron chi connectivity index (χ1n) is 13.9. The van der Waals surface area contributed by atoms with E-state index in [9.17, 15) is 31.5 Å². The third-order valence-corrected chi connectivity index (χ3v) is 8.28. The predicted octanol–water partition coefficient (Wildman–Crippen LogP) is 3.70. The topological polar surface area (TPSA) is 152 Å². The van der Waals surface area contributed by atoms with Gasteiger partial charge in [-0.1, -0.05) is 18.2 Å². The Kier molecular flexibility index (Phi) is 11.3. The van der Waals surface area contributed by atoms with Crippen LogP contribution in [0.5, 0.6) is 5.75 Å². The average Bonchev–Trinajstić information content (AvgIpc) is 3.37. The number of H-pyrrole nitrogens is 1. The average molecular weight is 643 g/mol. The number of aliphatic hydroxyl groups excluding tert-OH is 1. The number of carbonyl (C=O) groups excluding carboxylic acids is 1. The lowest BCUT2D eigenvalue weighted by Gasteiger charge is -2.30. The molecule has 0 radical (unpaired) electrons. The van der Waals surface area contributed by atoms with Crippen molar-refractivity contribution in [1.82, 2.24) is 15.2 Å². The molecule has 242 valence electrons. The molecule has 0 saturated carbocycles. The van der Waals surface area contributed by atoms with E-state index in [0.29, 0.717) is 55.2 Å².